The van der Waals surface area contributed by atoms with Crippen molar-refractivity contribution in [2.24, 2.45) is 0 Å². The largest absolute Gasteiger partial charge is 0.354 e. The average molecular weight is 279 g/mol. The number of H-pyrrole nitrogens is 1. The highest BCUT2D eigenvalue weighted by Gasteiger charge is 2.23. The summed E-state index contributed by atoms with van der Waals surface area (Å²) in [6, 6.07) is 14.5. The van der Waals surface area contributed by atoms with Crippen molar-refractivity contribution in [3.05, 3.63) is 48.7 Å². The molecule has 1 aromatic carbocycles. The Morgan fingerprint density at radius 1 is 1.14 bits per heavy atom. The Labute approximate surface area is 123 Å². The summed E-state index contributed by atoms with van der Waals surface area (Å²) < 4.78 is 0. The fourth-order valence-electron chi connectivity index (χ4n) is 2.84. The first-order chi connectivity index (χ1) is 10.4. The lowest BCUT2D eigenvalue weighted by Crippen LogP contribution is -2.26. The summed E-state index contributed by atoms with van der Waals surface area (Å²) in [7, 11) is 0. The van der Waals surface area contributed by atoms with Gasteiger partial charge in [0.25, 0.3) is 0 Å². The molecule has 3 aromatic rings. The number of fused-ring (bicyclic) bond motifs is 1. The van der Waals surface area contributed by atoms with Crippen LogP contribution in [0.15, 0.2) is 48.7 Å². The Bertz CT molecular complexity index is 704. The van der Waals surface area contributed by atoms with Gasteiger partial charge in [-0.05, 0) is 30.7 Å². The van der Waals surface area contributed by atoms with Crippen molar-refractivity contribution in [3.8, 4) is 0 Å². The summed E-state index contributed by atoms with van der Waals surface area (Å²) in [5, 5.41) is 3.49. The Morgan fingerprint density at radius 2 is 2.05 bits per heavy atom. The predicted octanol–water partition coefficient (Wildman–Crippen LogP) is 2.65. The molecule has 0 aliphatic carbocycles. The number of hydrogen-bond acceptors (Lipinski definition) is 4. The highest BCUT2D eigenvalue weighted by Crippen LogP contribution is 2.20. The number of pyridine rings is 1. The molecule has 5 heteroatoms. The summed E-state index contributed by atoms with van der Waals surface area (Å²) in [5.41, 5.74) is 2.07. The van der Waals surface area contributed by atoms with Crippen molar-refractivity contribution in [1.29, 1.82) is 0 Å². The Balaban J connectivity index is 1.46. The van der Waals surface area contributed by atoms with Gasteiger partial charge in [0.15, 0.2) is 0 Å². The van der Waals surface area contributed by atoms with Gasteiger partial charge in [-0.25, -0.2) is 9.97 Å². The normalized spacial score (nSPS) is 18.3. The summed E-state index contributed by atoms with van der Waals surface area (Å²) in [4.78, 5) is 14.6. The van der Waals surface area contributed by atoms with Crippen LogP contribution in [0.1, 0.15) is 6.42 Å². The summed E-state index contributed by atoms with van der Waals surface area (Å²) >= 11 is 0. The van der Waals surface area contributed by atoms with E-state index in [-0.39, 0.29) is 0 Å². The molecule has 1 aliphatic heterocycles. The van der Waals surface area contributed by atoms with Gasteiger partial charge in [0.1, 0.15) is 5.82 Å². The number of aromatic nitrogens is 3. The van der Waals surface area contributed by atoms with Gasteiger partial charge in [0.2, 0.25) is 5.95 Å². The fourth-order valence-corrected chi connectivity index (χ4v) is 2.84. The molecular weight excluding hydrogens is 262 g/mol. The van der Waals surface area contributed by atoms with Gasteiger partial charge in [-0.15, -0.1) is 0 Å². The first kappa shape index (κ1) is 12.2. The van der Waals surface area contributed by atoms with Gasteiger partial charge in [-0.3, -0.25) is 0 Å². The number of imidazole rings is 1. The summed E-state index contributed by atoms with van der Waals surface area (Å²) in [6.45, 7) is 1.98. The number of rotatable bonds is 3. The maximum atomic E-state index is 4.57. The van der Waals surface area contributed by atoms with Gasteiger partial charge < -0.3 is 15.2 Å². The quantitative estimate of drug-likeness (QED) is 0.774. The molecule has 0 radical (unpaired) electrons. The van der Waals surface area contributed by atoms with Gasteiger partial charge in [0.05, 0.1) is 11.0 Å². The van der Waals surface area contributed by atoms with Gasteiger partial charge in [0, 0.05) is 25.3 Å². The van der Waals surface area contributed by atoms with Crippen molar-refractivity contribution in [3.63, 3.8) is 0 Å². The minimum atomic E-state index is 0.396. The second-order valence-corrected chi connectivity index (χ2v) is 5.37. The zero-order valence-corrected chi connectivity index (χ0v) is 11.7. The van der Waals surface area contributed by atoms with E-state index in [0.717, 1.165) is 42.3 Å². The lowest BCUT2D eigenvalue weighted by Gasteiger charge is -2.17. The van der Waals surface area contributed by atoms with Crippen LogP contribution in [-0.4, -0.2) is 34.1 Å². The Morgan fingerprint density at radius 3 is 2.90 bits per heavy atom. The smallest absolute Gasteiger partial charge is 0.201 e. The number of anilines is 2. The molecule has 3 heterocycles. The van der Waals surface area contributed by atoms with E-state index in [2.05, 4.69) is 31.2 Å². The van der Waals surface area contributed by atoms with Crippen molar-refractivity contribution >= 4 is 22.8 Å². The van der Waals surface area contributed by atoms with Crippen LogP contribution in [0.3, 0.4) is 0 Å². The monoisotopic (exact) mass is 279 g/mol. The lowest BCUT2D eigenvalue weighted by atomic mass is 10.3. The minimum absolute atomic E-state index is 0.396. The topological polar surface area (TPSA) is 56.8 Å². The van der Waals surface area contributed by atoms with Crippen LogP contribution >= 0.6 is 0 Å². The highest BCUT2D eigenvalue weighted by molar-refractivity contribution is 5.77. The molecule has 2 aromatic heterocycles. The van der Waals surface area contributed by atoms with Crippen molar-refractivity contribution in [1.82, 2.24) is 15.0 Å². The average Bonchev–Trinajstić information content (AvgIpc) is 3.14. The molecular formula is C16H17N5. The Hall–Kier alpha value is -2.56. The van der Waals surface area contributed by atoms with Gasteiger partial charge >= 0.3 is 0 Å². The maximum Gasteiger partial charge on any atom is 0.201 e. The van der Waals surface area contributed by atoms with E-state index in [4.69, 9.17) is 0 Å². The predicted molar refractivity (Wildman–Crippen MR) is 84.6 cm³/mol. The van der Waals surface area contributed by atoms with Crippen molar-refractivity contribution in [2.45, 2.75) is 12.5 Å². The second kappa shape index (κ2) is 5.09. The summed E-state index contributed by atoms with van der Waals surface area (Å²) in [5.74, 6) is 1.90. The van der Waals surface area contributed by atoms with Crippen LogP contribution in [0.25, 0.3) is 11.0 Å². The van der Waals surface area contributed by atoms with E-state index in [1.54, 1.807) is 0 Å². The fraction of sp³-hybridized carbons (Fsp3) is 0.250. The maximum absolute atomic E-state index is 4.57. The van der Waals surface area contributed by atoms with Crippen LogP contribution in [0.5, 0.6) is 0 Å². The lowest BCUT2D eigenvalue weighted by molar-refractivity contribution is 0.796. The molecule has 106 valence electrons. The van der Waals surface area contributed by atoms with E-state index in [1.807, 2.05) is 42.6 Å². The molecule has 2 N–H and O–H groups in total. The third-order valence-corrected chi connectivity index (χ3v) is 3.89. The SMILES string of the molecule is c1ccc(N2CC[C@@H](Nc3nc4ccccc4[nH]3)C2)nc1. The first-order valence-electron chi connectivity index (χ1n) is 7.26. The Kier molecular flexibility index (Phi) is 2.96. The van der Waals surface area contributed by atoms with Gasteiger partial charge in [-0.2, -0.15) is 0 Å². The number of benzene rings is 1. The zero-order chi connectivity index (χ0) is 14.1. The number of aromatic amines is 1. The van der Waals surface area contributed by atoms with Crippen LogP contribution < -0.4 is 10.2 Å². The molecule has 0 amide bonds. The van der Waals surface area contributed by atoms with Crippen molar-refractivity contribution in [2.75, 3.05) is 23.3 Å². The third kappa shape index (κ3) is 2.42. The number of nitrogens with zero attached hydrogens (tertiary/aromatic N) is 3. The first-order valence-corrected chi connectivity index (χ1v) is 7.26. The van der Waals surface area contributed by atoms with Crippen molar-refractivity contribution < 1.29 is 0 Å². The third-order valence-electron chi connectivity index (χ3n) is 3.89. The molecule has 1 fully saturated rings. The molecule has 4 rings (SSSR count). The molecule has 1 atom stereocenters. The molecule has 0 unspecified atom stereocenters. The molecule has 1 saturated heterocycles. The molecule has 5 nitrogen and oxygen atoms in total. The van der Waals surface area contributed by atoms with Crippen LogP contribution in [-0.2, 0) is 0 Å². The van der Waals surface area contributed by atoms with Crippen LogP contribution in [0.4, 0.5) is 11.8 Å². The van der Waals surface area contributed by atoms with E-state index in [0.29, 0.717) is 6.04 Å². The molecule has 0 spiro atoms. The second-order valence-electron chi connectivity index (χ2n) is 5.37. The van der Waals surface area contributed by atoms with E-state index in [9.17, 15) is 0 Å². The number of nitrogens with one attached hydrogen (secondary N) is 2. The minimum Gasteiger partial charge on any atom is -0.354 e. The standard InChI is InChI=1S/C16H17N5/c1-2-6-14-13(5-1)19-16(20-14)18-12-8-10-21(11-12)15-7-3-4-9-17-15/h1-7,9,12H,8,10-11H2,(H2,18,19,20)/t12-/m1/s1. The number of para-hydroxylation sites is 2. The van der Waals surface area contributed by atoms with E-state index < -0.39 is 0 Å². The highest BCUT2D eigenvalue weighted by atomic mass is 15.2. The number of hydrogen-bond donors (Lipinski definition) is 2. The molecule has 0 saturated carbocycles. The summed E-state index contributed by atoms with van der Waals surface area (Å²) in [6.07, 6.45) is 2.93. The van der Waals surface area contributed by atoms with Crippen LogP contribution in [0.2, 0.25) is 0 Å². The van der Waals surface area contributed by atoms with E-state index >= 15 is 0 Å². The molecule has 21 heavy (non-hydrogen) atoms. The molecule has 0 bridgehead atoms. The zero-order valence-electron chi connectivity index (χ0n) is 11.7. The van der Waals surface area contributed by atoms with E-state index in [1.165, 1.54) is 0 Å². The van der Waals surface area contributed by atoms with Gasteiger partial charge in [-0.1, -0.05) is 18.2 Å². The molecule has 1 aliphatic rings. The van der Waals surface area contributed by atoms with Crippen LogP contribution in [0, 0.1) is 0 Å².